The molecule has 1 aromatic rings. The van der Waals surface area contributed by atoms with Gasteiger partial charge in [0.15, 0.2) is 0 Å². The van der Waals surface area contributed by atoms with Crippen molar-refractivity contribution in [1.29, 1.82) is 0 Å². The van der Waals surface area contributed by atoms with Gasteiger partial charge in [-0.15, -0.1) is 11.8 Å². The minimum absolute atomic E-state index is 0.0642. The largest absolute Gasteiger partial charge is 0.399 e. The van der Waals surface area contributed by atoms with Gasteiger partial charge in [0.05, 0.1) is 5.25 Å². The summed E-state index contributed by atoms with van der Waals surface area (Å²) < 4.78 is 5.24. The molecular formula is C15H24N2O2S. The summed E-state index contributed by atoms with van der Waals surface area (Å²) in [6.45, 7) is 6.07. The summed E-state index contributed by atoms with van der Waals surface area (Å²) in [6, 6.07) is 7.61. The second kappa shape index (κ2) is 9.66. The maximum atomic E-state index is 12.1. The van der Waals surface area contributed by atoms with Crippen LogP contribution in [-0.4, -0.2) is 30.9 Å². The third-order valence-corrected chi connectivity index (χ3v) is 4.17. The number of ether oxygens (including phenoxy) is 1. The standard InChI is InChI=1S/C15H24N2O2S/c1-3-14(15(18)17-10-5-11-19-4-2)20-13-8-6-12(16)7-9-13/h6-9,14H,3-5,10-11,16H2,1-2H3,(H,17,18). The van der Waals surface area contributed by atoms with Gasteiger partial charge in [0.2, 0.25) is 5.91 Å². The van der Waals surface area contributed by atoms with Gasteiger partial charge in [-0.1, -0.05) is 6.92 Å². The van der Waals surface area contributed by atoms with Gasteiger partial charge in [-0.25, -0.2) is 0 Å². The minimum atomic E-state index is -0.0642. The monoisotopic (exact) mass is 296 g/mol. The van der Waals surface area contributed by atoms with Crippen molar-refractivity contribution in [2.24, 2.45) is 0 Å². The van der Waals surface area contributed by atoms with Crippen LogP contribution in [0.1, 0.15) is 26.7 Å². The van der Waals surface area contributed by atoms with Gasteiger partial charge in [-0.05, 0) is 44.0 Å². The molecule has 4 nitrogen and oxygen atoms in total. The molecule has 0 aliphatic carbocycles. The van der Waals surface area contributed by atoms with Crippen molar-refractivity contribution in [2.45, 2.75) is 36.8 Å². The first-order chi connectivity index (χ1) is 9.67. The molecule has 0 saturated heterocycles. The van der Waals surface area contributed by atoms with E-state index < -0.39 is 0 Å². The van der Waals surface area contributed by atoms with Crippen LogP contribution in [0.15, 0.2) is 29.2 Å². The smallest absolute Gasteiger partial charge is 0.233 e. The lowest BCUT2D eigenvalue weighted by molar-refractivity contribution is -0.120. The van der Waals surface area contributed by atoms with Crippen molar-refractivity contribution in [3.8, 4) is 0 Å². The van der Waals surface area contributed by atoms with Crippen LogP contribution in [0.5, 0.6) is 0 Å². The van der Waals surface area contributed by atoms with Gasteiger partial charge >= 0.3 is 0 Å². The number of anilines is 1. The molecule has 1 amide bonds. The lowest BCUT2D eigenvalue weighted by Gasteiger charge is -2.14. The summed E-state index contributed by atoms with van der Waals surface area (Å²) in [4.78, 5) is 13.1. The van der Waals surface area contributed by atoms with Crippen LogP contribution in [0, 0.1) is 0 Å². The highest BCUT2D eigenvalue weighted by Gasteiger charge is 2.17. The van der Waals surface area contributed by atoms with Crippen LogP contribution in [0.4, 0.5) is 5.69 Å². The Morgan fingerprint density at radius 3 is 2.65 bits per heavy atom. The highest BCUT2D eigenvalue weighted by atomic mass is 32.2. The van der Waals surface area contributed by atoms with Crippen molar-refractivity contribution in [3.05, 3.63) is 24.3 Å². The first-order valence-electron chi connectivity index (χ1n) is 7.05. The Morgan fingerprint density at radius 1 is 1.35 bits per heavy atom. The van der Waals surface area contributed by atoms with E-state index >= 15 is 0 Å². The summed E-state index contributed by atoms with van der Waals surface area (Å²) in [5, 5.41) is 2.90. The van der Waals surface area contributed by atoms with Gasteiger partial charge in [0.1, 0.15) is 0 Å². The molecule has 20 heavy (non-hydrogen) atoms. The molecule has 0 heterocycles. The number of benzene rings is 1. The third kappa shape index (κ3) is 6.30. The van der Waals surface area contributed by atoms with E-state index in [9.17, 15) is 4.79 Å². The number of hydrogen-bond acceptors (Lipinski definition) is 4. The summed E-state index contributed by atoms with van der Waals surface area (Å²) >= 11 is 1.57. The summed E-state index contributed by atoms with van der Waals surface area (Å²) in [5.74, 6) is 0.0887. The second-order valence-electron chi connectivity index (χ2n) is 4.43. The topological polar surface area (TPSA) is 64.3 Å². The molecule has 3 N–H and O–H groups in total. The van der Waals surface area contributed by atoms with Crippen molar-refractivity contribution in [3.63, 3.8) is 0 Å². The zero-order chi connectivity index (χ0) is 14.8. The summed E-state index contributed by atoms with van der Waals surface area (Å²) in [7, 11) is 0. The number of carbonyl (C=O) groups is 1. The molecule has 0 aromatic heterocycles. The van der Waals surface area contributed by atoms with E-state index in [0.717, 1.165) is 30.0 Å². The molecule has 112 valence electrons. The number of nitrogens with two attached hydrogens (primary N) is 1. The Hall–Kier alpha value is -1.20. The Kier molecular flexibility index (Phi) is 8.14. The first-order valence-corrected chi connectivity index (χ1v) is 7.93. The fourth-order valence-electron chi connectivity index (χ4n) is 1.68. The number of nitrogen functional groups attached to an aromatic ring is 1. The zero-order valence-corrected chi connectivity index (χ0v) is 13.0. The molecule has 0 fully saturated rings. The van der Waals surface area contributed by atoms with Gasteiger partial charge in [0.25, 0.3) is 0 Å². The van der Waals surface area contributed by atoms with E-state index in [4.69, 9.17) is 10.5 Å². The summed E-state index contributed by atoms with van der Waals surface area (Å²) in [5.41, 5.74) is 6.39. The third-order valence-electron chi connectivity index (χ3n) is 2.79. The Bertz CT molecular complexity index is 395. The van der Waals surface area contributed by atoms with Gasteiger partial charge in [-0.3, -0.25) is 4.79 Å². The Morgan fingerprint density at radius 2 is 2.05 bits per heavy atom. The lowest BCUT2D eigenvalue weighted by Crippen LogP contribution is -2.33. The van der Waals surface area contributed by atoms with Crippen LogP contribution in [0.3, 0.4) is 0 Å². The predicted octanol–water partition coefficient (Wildman–Crippen LogP) is 2.68. The molecule has 0 aliphatic heterocycles. The first kappa shape index (κ1) is 16.9. The number of hydrogen-bond donors (Lipinski definition) is 2. The van der Waals surface area contributed by atoms with Crippen molar-refractivity contribution in [1.82, 2.24) is 5.32 Å². The second-order valence-corrected chi connectivity index (χ2v) is 5.70. The lowest BCUT2D eigenvalue weighted by atomic mass is 10.3. The Balaban J connectivity index is 2.37. The molecule has 1 unspecified atom stereocenters. The van der Waals surface area contributed by atoms with E-state index in [1.54, 1.807) is 11.8 Å². The molecule has 0 aliphatic rings. The van der Waals surface area contributed by atoms with Crippen LogP contribution in [0.2, 0.25) is 0 Å². The van der Waals surface area contributed by atoms with Crippen LogP contribution in [-0.2, 0) is 9.53 Å². The van der Waals surface area contributed by atoms with E-state index in [1.807, 2.05) is 38.1 Å². The van der Waals surface area contributed by atoms with Gasteiger partial charge in [0, 0.05) is 30.3 Å². The zero-order valence-electron chi connectivity index (χ0n) is 12.2. The minimum Gasteiger partial charge on any atom is -0.399 e. The molecule has 0 spiro atoms. The molecule has 5 heteroatoms. The molecule has 0 saturated carbocycles. The van der Waals surface area contributed by atoms with E-state index in [1.165, 1.54) is 0 Å². The number of amides is 1. The molecule has 1 rings (SSSR count). The Labute approximate surface area is 125 Å². The maximum absolute atomic E-state index is 12.1. The highest BCUT2D eigenvalue weighted by molar-refractivity contribution is 8.00. The quantitative estimate of drug-likeness (QED) is 0.418. The molecule has 0 radical (unpaired) electrons. The molecular weight excluding hydrogens is 272 g/mol. The number of thioether (sulfide) groups is 1. The van der Waals surface area contributed by atoms with Crippen molar-refractivity contribution >= 4 is 23.4 Å². The maximum Gasteiger partial charge on any atom is 0.233 e. The molecule has 1 aromatic carbocycles. The highest BCUT2D eigenvalue weighted by Crippen LogP contribution is 2.26. The van der Waals surface area contributed by atoms with E-state index in [-0.39, 0.29) is 11.2 Å². The predicted molar refractivity (Wildman–Crippen MR) is 84.9 cm³/mol. The van der Waals surface area contributed by atoms with Gasteiger partial charge in [-0.2, -0.15) is 0 Å². The van der Waals surface area contributed by atoms with Crippen molar-refractivity contribution < 1.29 is 9.53 Å². The summed E-state index contributed by atoms with van der Waals surface area (Å²) in [6.07, 6.45) is 1.65. The number of nitrogens with one attached hydrogen (secondary N) is 1. The fraction of sp³-hybridized carbons (Fsp3) is 0.533. The van der Waals surface area contributed by atoms with Crippen LogP contribution in [0.25, 0.3) is 0 Å². The van der Waals surface area contributed by atoms with Gasteiger partial charge < -0.3 is 15.8 Å². The normalized spacial score (nSPS) is 12.1. The van der Waals surface area contributed by atoms with E-state index in [0.29, 0.717) is 13.2 Å². The van der Waals surface area contributed by atoms with Crippen LogP contribution < -0.4 is 11.1 Å². The SMILES string of the molecule is CCOCCCNC(=O)C(CC)Sc1ccc(N)cc1. The van der Waals surface area contributed by atoms with Crippen molar-refractivity contribution in [2.75, 3.05) is 25.5 Å². The average molecular weight is 296 g/mol. The van der Waals surface area contributed by atoms with Crippen LogP contribution >= 0.6 is 11.8 Å². The molecule has 1 atom stereocenters. The number of rotatable bonds is 9. The average Bonchev–Trinajstić information content (AvgIpc) is 2.46. The number of carbonyl (C=O) groups excluding carboxylic acids is 1. The molecule has 0 bridgehead atoms. The fourth-order valence-corrected chi connectivity index (χ4v) is 2.66. The van der Waals surface area contributed by atoms with E-state index in [2.05, 4.69) is 5.32 Å².